The first-order valence-corrected chi connectivity index (χ1v) is 13.1. The average molecular weight is 476 g/mol. The molecule has 0 amide bonds. The second kappa shape index (κ2) is 7.55. The van der Waals surface area contributed by atoms with Gasteiger partial charge in [-0.3, -0.25) is 0 Å². The van der Waals surface area contributed by atoms with E-state index in [1.807, 2.05) is 11.3 Å². The van der Waals surface area contributed by atoms with Gasteiger partial charge in [-0.2, -0.15) is 0 Å². The maximum absolute atomic E-state index is 2.43. The third-order valence-corrected chi connectivity index (χ3v) is 8.46. The number of benzene rings is 6. The summed E-state index contributed by atoms with van der Waals surface area (Å²) in [5.41, 5.74) is 6.15. The highest BCUT2D eigenvalue weighted by Gasteiger charge is 2.16. The van der Waals surface area contributed by atoms with Crippen molar-refractivity contribution in [2.75, 3.05) is 0 Å². The summed E-state index contributed by atoms with van der Waals surface area (Å²) < 4.78 is 5.10. The number of fused-ring (bicyclic) bond motifs is 7. The number of aromatic nitrogens is 1. The van der Waals surface area contributed by atoms with Crippen molar-refractivity contribution in [3.8, 4) is 16.8 Å². The lowest BCUT2D eigenvalue weighted by atomic mass is 10.0. The van der Waals surface area contributed by atoms with Gasteiger partial charge in [-0.15, -0.1) is 11.3 Å². The number of thiophene rings is 1. The molecular weight excluding hydrogens is 454 g/mol. The van der Waals surface area contributed by atoms with Crippen molar-refractivity contribution in [1.29, 1.82) is 0 Å². The summed E-state index contributed by atoms with van der Waals surface area (Å²) in [7, 11) is 0. The summed E-state index contributed by atoms with van der Waals surface area (Å²) in [5.74, 6) is 0. The molecule has 0 bridgehead atoms. The van der Waals surface area contributed by atoms with Gasteiger partial charge in [-0.1, -0.05) is 84.9 Å². The molecule has 8 aromatic rings. The first-order chi connectivity index (χ1) is 17.8. The molecule has 8 rings (SSSR count). The minimum absolute atomic E-state index is 1.19. The second-order valence-electron chi connectivity index (χ2n) is 9.43. The molecule has 1 nitrogen and oxygen atoms in total. The zero-order valence-corrected chi connectivity index (χ0v) is 20.3. The molecule has 0 unspecified atom stereocenters. The quantitative estimate of drug-likeness (QED) is 0.234. The average Bonchev–Trinajstić information content (AvgIpc) is 3.45. The lowest BCUT2D eigenvalue weighted by Crippen LogP contribution is -1.94. The fraction of sp³-hybridized carbons (Fsp3) is 0. The molecule has 36 heavy (non-hydrogen) atoms. The highest BCUT2D eigenvalue weighted by molar-refractivity contribution is 7.26. The topological polar surface area (TPSA) is 4.93 Å². The van der Waals surface area contributed by atoms with Gasteiger partial charge in [0.1, 0.15) is 0 Å². The molecule has 168 valence electrons. The van der Waals surface area contributed by atoms with Crippen molar-refractivity contribution >= 4 is 64.1 Å². The molecule has 0 aliphatic heterocycles. The summed E-state index contributed by atoms with van der Waals surface area (Å²) in [6, 6.07) is 46.5. The van der Waals surface area contributed by atoms with E-state index in [1.54, 1.807) is 0 Å². The highest BCUT2D eigenvalue weighted by atomic mass is 32.1. The van der Waals surface area contributed by atoms with Crippen LogP contribution in [-0.4, -0.2) is 4.57 Å². The predicted molar refractivity (Wildman–Crippen MR) is 157 cm³/mol. The van der Waals surface area contributed by atoms with Crippen LogP contribution in [0, 0.1) is 0 Å². The van der Waals surface area contributed by atoms with Crippen LogP contribution >= 0.6 is 11.3 Å². The van der Waals surface area contributed by atoms with Crippen LogP contribution in [0.3, 0.4) is 0 Å². The lowest BCUT2D eigenvalue weighted by Gasteiger charge is -2.10. The molecule has 2 aromatic heterocycles. The normalized spacial score (nSPS) is 11.9. The first kappa shape index (κ1) is 19.9. The third-order valence-electron chi connectivity index (χ3n) is 7.34. The Morgan fingerprint density at radius 2 is 1.11 bits per heavy atom. The summed E-state index contributed by atoms with van der Waals surface area (Å²) >= 11 is 1.89. The van der Waals surface area contributed by atoms with E-state index in [-0.39, 0.29) is 0 Å². The first-order valence-electron chi connectivity index (χ1n) is 12.3. The fourth-order valence-electron chi connectivity index (χ4n) is 5.66. The molecule has 0 saturated heterocycles. The number of nitrogens with zero attached hydrogens (tertiary/aromatic N) is 1. The van der Waals surface area contributed by atoms with E-state index in [2.05, 4.69) is 132 Å². The molecule has 0 saturated carbocycles. The van der Waals surface area contributed by atoms with Gasteiger partial charge in [0.15, 0.2) is 0 Å². The van der Waals surface area contributed by atoms with Crippen molar-refractivity contribution < 1.29 is 0 Å². The number of hydrogen-bond donors (Lipinski definition) is 0. The molecule has 0 atom stereocenters. The zero-order chi connectivity index (χ0) is 23.6. The Bertz CT molecular complexity index is 2090. The van der Waals surface area contributed by atoms with Gasteiger partial charge in [0.25, 0.3) is 0 Å². The van der Waals surface area contributed by atoms with E-state index in [0.29, 0.717) is 0 Å². The molecule has 0 aliphatic rings. The minimum Gasteiger partial charge on any atom is -0.309 e. The van der Waals surface area contributed by atoms with Crippen molar-refractivity contribution in [3.63, 3.8) is 0 Å². The Balaban J connectivity index is 1.45. The summed E-state index contributed by atoms with van der Waals surface area (Å²) in [6.07, 6.45) is 0. The highest BCUT2D eigenvalue weighted by Crippen LogP contribution is 2.42. The number of rotatable bonds is 2. The SMILES string of the molecule is c1ccc(-c2cccc(-n3c4ccccc4c4cc5c(cc43)sc3cc4ccccc4cc35)c2)cc1. The standard InChI is InChI=1S/C34H21NS/c1-2-9-22(10-3-1)23-13-8-14-26(17-23)35-31-16-7-6-15-27(31)28-20-30-29-18-24-11-4-5-12-25(24)19-33(29)36-34(30)21-32(28)35/h1-21H. The Morgan fingerprint density at radius 1 is 0.417 bits per heavy atom. The van der Waals surface area contributed by atoms with Crippen LogP contribution in [0.2, 0.25) is 0 Å². The molecule has 2 heteroatoms. The van der Waals surface area contributed by atoms with Crippen LogP contribution in [-0.2, 0) is 0 Å². The van der Waals surface area contributed by atoms with Crippen LogP contribution in [0.5, 0.6) is 0 Å². The van der Waals surface area contributed by atoms with E-state index in [4.69, 9.17) is 0 Å². The van der Waals surface area contributed by atoms with Crippen LogP contribution in [0.4, 0.5) is 0 Å². The minimum atomic E-state index is 1.19. The van der Waals surface area contributed by atoms with Crippen LogP contribution in [0.25, 0.3) is 69.6 Å². The maximum Gasteiger partial charge on any atom is 0.0555 e. The third kappa shape index (κ3) is 2.89. The van der Waals surface area contributed by atoms with Gasteiger partial charge in [-0.25, -0.2) is 0 Å². The molecule has 6 aromatic carbocycles. The van der Waals surface area contributed by atoms with Gasteiger partial charge >= 0.3 is 0 Å². The van der Waals surface area contributed by atoms with Gasteiger partial charge in [0.2, 0.25) is 0 Å². The Kier molecular flexibility index (Phi) is 4.16. The maximum atomic E-state index is 2.43. The predicted octanol–water partition coefficient (Wildman–Crippen LogP) is 9.97. The van der Waals surface area contributed by atoms with E-state index >= 15 is 0 Å². The van der Waals surface area contributed by atoms with E-state index in [9.17, 15) is 0 Å². The fourth-order valence-corrected chi connectivity index (χ4v) is 6.81. The van der Waals surface area contributed by atoms with Gasteiger partial charge in [0, 0.05) is 36.6 Å². The smallest absolute Gasteiger partial charge is 0.0555 e. The Labute approximate surface area is 212 Å². The van der Waals surface area contributed by atoms with Crippen LogP contribution in [0.15, 0.2) is 127 Å². The van der Waals surface area contributed by atoms with E-state index < -0.39 is 0 Å². The molecule has 0 fully saturated rings. The summed E-state index contributed by atoms with van der Waals surface area (Å²) in [4.78, 5) is 0. The second-order valence-corrected chi connectivity index (χ2v) is 10.5. The van der Waals surface area contributed by atoms with Crippen LogP contribution < -0.4 is 0 Å². The van der Waals surface area contributed by atoms with Crippen molar-refractivity contribution in [2.24, 2.45) is 0 Å². The molecule has 2 heterocycles. The Hall–Kier alpha value is -4.40. The monoisotopic (exact) mass is 475 g/mol. The molecule has 0 radical (unpaired) electrons. The van der Waals surface area contributed by atoms with Gasteiger partial charge < -0.3 is 4.57 Å². The lowest BCUT2D eigenvalue weighted by molar-refractivity contribution is 1.18. The summed E-state index contributed by atoms with van der Waals surface area (Å²) in [6.45, 7) is 0. The van der Waals surface area contributed by atoms with Gasteiger partial charge in [-0.05, 0) is 64.4 Å². The van der Waals surface area contributed by atoms with Crippen molar-refractivity contribution in [3.05, 3.63) is 127 Å². The van der Waals surface area contributed by atoms with Crippen molar-refractivity contribution in [1.82, 2.24) is 4.57 Å². The molecular formula is C34H21NS. The summed E-state index contributed by atoms with van der Waals surface area (Å²) in [5, 5.41) is 7.88. The van der Waals surface area contributed by atoms with E-state index in [0.717, 1.165) is 0 Å². The van der Waals surface area contributed by atoms with Crippen molar-refractivity contribution in [2.45, 2.75) is 0 Å². The molecule has 0 N–H and O–H groups in total. The number of hydrogen-bond acceptors (Lipinski definition) is 1. The number of para-hydroxylation sites is 1. The molecule has 0 aliphatic carbocycles. The zero-order valence-electron chi connectivity index (χ0n) is 19.5. The Morgan fingerprint density at radius 3 is 2.00 bits per heavy atom. The van der Waals surface area contributed by atoms with E-state index in [1.165, 1.54) is 69.6 Å². The van der Waals surface area contributed by atoms with Gasteiger partial charge in [0.05, 0.1) is 11.0 Å². The largest absolute Gasteiger partial charge is 0.309 e. The van der Waals surface area contributed by atoms with Crippen LogP contribution in [0.1, 0.15) is 0 Å². The molecule has 0 spiro atoms.